The van der Waals surface area contributed by atoms with E-state index in [9.17, 15) is 13.6 Å². The molecule has 3 nitrogen and oxygen atoms in total. The Bertz CT molecular complexity index is 710. The van der Waals surface area contributed by atoms with Crippen LogP contribution < -0.4 is 5.73 Å². The molecule has 2 aromatic rings. The van der Waals surface area contributed by atoms with Gasteiger partial charge >= 0.3 is 5.97 Å². The molecule has 0 radical (unpaired) electrons. The van der Waals surface area contributed by atoms with Crippen LogP contribution in [0.5, 0.6) is 0 Å². The van der Waals surface area contributed by atoms with Gasteiger partial charge in [0.1, 0.15) is 18.2 Å². The number of rotatable bonds is 3. The molecule has 0 aliphatic rings. The Hall–Kier alpha value is -1.66. The van der Waals surface area contributed by atoms with Crippen LogP contribution in [0.2, 0.25) is 5.02 Å². The largest absolute Gasteiger partial charge is 0.457 e. The molecule has 7 heteroatoms. The third kappa shape index (κ3) is 3.71. The van der Waals surface area contributed by atoms with E-state index in [2.05, 4.69) is 15.9 Å². The van der Waals surface area contributed by atoms with E-state index < -0.39 is 17.6 Å². The molecule has 0 bridgehead atoms. The number of anilines is 1. The quantitative estimate of drug-likeness (QED) is 0.641. The number of nitrogens with two attached hydrogens (primary N) is 1. The Morgan fingerprint density at radius 3 is 2.62 bits per heavy atom. The van der Waals surface area contributed by atoms with Crippen LogP contribution in [0.15, 0.2) is 34.8 Å². The van der Waals surface area contributed by atoms with Gasteiger partial charge in [-0.2, -0.15) is 0 Å². The molecule has 0 fully saturated rings. The number of halogens is 4. The Kier molecular flexibility index (Phi) is 4.80. The first-order valence-electron chi connectivity index (χ1n) is 5.74. The molecule has 2 rings (SSSR count). The maximum absolute atomic E-state index is 13.5. The van der Waals surface area contributed by atoms with Crippen LogP contribution >= 0.6 is 27.5 Å². The maximum atomic E-state index is 13.5. The van der Waals surface area contributed by atoms with Crippen LogP contribution in [-0.2, 0) is 11.3 Å². The minimum absolute atomic E-state index is 0.0586. The van der Waals surface area contributed by atoms with Gasteiger partial charge in [-0.3, -0.25) is 0 Å². The smallest absolute Gasteiger partial charge is 0.339 e. The highest BCUT2D eigenvalue weighted by Crippen LogP contribution is 2.24. The van der Waals surface area contributed by atoms with Crippen molar-refractivity contribution >= 4 is 39.2 Å². The number of carbonyl (C=O) groups is 1. The van der Waals surface area contributed by atoms with E-state index in [1.807, 2.05) is 0 Å². The van der Waals surface area contributed by atoms with Gasteiger partial charge in [0, 0.05) is 15.1 Å². The highest BCUT2D eigenvalue weighted by Gasteiger charge is 2.15. The fourth-order valence-electron chi connectivity index (χ4n) is 1.58. The molecule has 0 aliphatic carbocycles. The molecule has 2 aromatic carbocycles. The van der Waals surface area contributed by atoms with Gasteiger partial charge in [0.15, 0.2) is 0 Å². The summed E-state index contributed by atoms with van der Waals surface area (Å²) in [6.45, 7) is -0.272. The summed E-state index contributed by atoms with van der Waals surface area (Å²) in [7, 11) is 0. The van der Waals surface area contributed by atoms with Crippen molar-refractivity contribution < 1.29 is 18.3 Å². The van der Waals surface area contributed by atoms with E-state index in [0.29, 0.717) is 0 Å². The monoisotopic (exact) mass is 375 g/mol. The van der Waals surface area contributed by atoms with Crippen LogP contribution in [0, 0.1) is 11.6 Å². The zero-order chi connectivity index (χ0) is 15.6. The van der Waals surface area contributed by atoms with E-state index in [0.717, 1.165) is 18.2 Å². The summed E-state index contributed by atoms with van der Waals surface area (Å²) < 4.78 is 31.9. The molecule has 0 spiro atoms. The van der Waals surface area contributed by atoms with Gasteiger partial charge in [-0.05, 0) is 40.2 Å². The van der Waals surface area contributed by atoms with Gasteiger partial charge in [0.25, 0.3) is 0 Å². The molecule has 21 heavy (non-hydrogen) atoms. The second-order valence-electron chi connectivity index (χ2n) is 4.17. The minimum Gasteiger partial charge on any atom is -0.457 e. The zero-order valence-corrected chi connectivity index (χ0v) is 12.8. The van der Waals surface area contributed by atoms with Crippen molar-refractivity contribution in [3.05, 3.63) is 62.6 Å². The lowest BCUT2D eigenvalue weighted by molar-refractivity contribution is 0.0468. The summed E-state index contributed by atoms with van der Waals surface area (Å²) in [4.78, 5) is 11.9. The molecular weight excluding hydrogens is 368 g/mol. The number of hydrogen-bond donors (Lipinski definition) is 1. The van der Waals surface area contributed by atoms with Gasteiger partial charge in [0.2, 0.25) is 0 Å². The number of carbonyl (C=O) groups excluding carboxylic acids is 1. The molecule has 0 atom stereocenters. The number of esters is 1. The van der Waals surface area contributed by atoms with Crippen LogP contribution in [0.25, 0.3) is 0 Å². The van der Waals surface area contributed by atoms with Gasteiger partial charge in [-0.25, -0.2) is 13.6 Å². The molecule has 0 saturated carbocycles. The van der Waals surface area contributed by atoms with Gasteiger partial charge in [-0.15, -0.1) is 0 Å². The molecule has 0 saturated heterocycles. The zero-order valence-electron chi connectivity index (χ0n) is 10.5. The molecular formula is C14H9BrClF2NO2. The average Bonchev–Trinajstić information content (AvgIpc) is 2.41. The lowest BCUT2D eigenvalue weighted by Crippen LogP contribution is -2.08. The highest BCUT2D eigenvalue weighted by molar-refractivity contribution is 9.10. The SMILES string of the molecule is Nc1cc(C(=O)OCc2ccc(Cl)cc2F)c(Br)cc1F. The molecule has 0 unspecified atom stereocenters. The Morgan fingerprint density at radius 2 is 1.95 bits per heavy atom. The van der Waals surface area contributed by atoms with Crippen molar-refractivity contribution in [3.63, 3.8) is 0 Å². The highest BCUT2D eigenvalue weighted by atomic mass is 79.9. The molecule has 0 aromatic heterocycles. The maximum Gasteiger partial charge on any atom is 0.339 e. The standard InChI is InChI=1S/C14H9BrClF2NO2/c15-10-5-12(18)13(19)4-9(10)14(20)21-6-7-1-2-8(16)3-11(7)17/h1-5H,6,19H2. The first-order valence-corrected chi connectivity index (χ1v) is 6.91. The van der Waals surface area contributed by atoms with E-state index >= 15 is 0 Å². The van der Waals surface area contributed by atoms with Gasteiger partial charge < -0.3 is 10.5 Å². The van der Waals surface area contributed by atoms with E-state index in [-0.39, 0.29) is 32.9 Å². The van der Waals surface area contributed by atoms with Crippen molar-refractivity contribution in [2.24, 2.45) is 0 Å². The van der Waals surface area contributed by atoms with Crippen LogP contribution in [0.4, 0.5) is 14.5 Å². The summed E-state index contributed by atoms with van der Waals surface area (Å²) in [5.41, 5.74) is 5.46. The molecule has 2 N–H and O–H groups in total. The van der Waals surface area contributed by atoms with E-state index in [1.165, 1.54) is 12.1 Å². The topological polar surface area (TPSA) is 52.3 Å². The van der Waals surface area contributed by atoms with Crippen molar-refractivity contribution in [1.82, 2.24) is 0 Å². The first kappa shape index (κ1) is 15.7. The van der Waals surface area contributed by atoms with E-state index in [1.54, 1.807) is 0 Å². The molecule has 0 amide bonds. The number of hydrogen-bond acceptors (Lipinski definition) is 3. The second-order valence-corrected chi connectivity index (χ2v) is 5.46. The summed E-state index contributed by atoms with van der Waals surface area (Å²) in [5, 5.41) is 0.247. The summed E-state index contributed by atoms with van der Waals surface area (Å²) in [5.74, 6) is -1.97. The van der Waals surface area contributed by atoms with Crippen molar-refractivity contribution in [2.75, 3.05) is 5.73 Å². The molecule has 0 aliphatic heterocycles. The number of benzene rings is 2. The van der Waals surface area contributed by atoms with Crippen molar-refractivity contribution in [2.45, 2.75) is 6.61 Å². The fraction of sp³-hybridized carbons (Fsp3) is 0.0714. The van der Waals surface area contributed by atoms with Gasteiger partial charge in [0.05, 0.1) is 11.3 Å². The molecule has 0 heterocycles. The summed E-state index contributed by atoms with van der Waals surface area (Å²) in [6, 6.07) is 6.24. The average molecular weight is 377 g/mol. The van der Waals surface area contributed by atoms with Gasteiger partial charge in [-0.1, -0.05) is 17.7 Å². The lowest BCUT2D eigenvalue weighted by Gasteiger charge is -2.08. The minimum atomic E-state index is -0.747. The lowest BCUT2D eigenvalue weighted by atomic mass is 10.2. The number of ether oxygens (including phenoxy) is 1. The van der Waals surface area contributed by atoms with Crippen LogP contribution in [0.3, 0.4) is 0 Å². The molecule has 110 valence electrons. The normalized spacial score (nSPS) is 10.5. The second kappa shape index (κ2) is 6.41. The Morgan fingerprint density at radius 1 is 1.24 bits per heavy atom. The Balaban J connectivity index is 2.13. The summed E-state index contributed by atoms with van der Waals surface area (Å²) in [6.07, 6.45) is 0. The van der Waals surface area contributed by atoms with E-state index in [4.69, 9.17) is 22.1 Å². The van der Waals surface area contributed by atoms with Crippen molar-refractivity contribution in [1.29, 1.82) is 0 Å². The first-order chi connectivity index (χ1) is 9.88. The number of nitrogen functional groups attached to an aromatic ring is 1. The fourth-order valence-corrected chi connectivity index (χ4v) is 2.22. The third-order valence-corrected chi connectivity index (χ3v) is 3.57. The van der Waals surface area contributed by atoms with Crippen molar-refractivity contribution in [3.8, 4) is 0 Å². The Labute approximate surface area is 132 Å². The predicted molar refractivity (Wildman–Crippen MR) is 79.0 cm³/mol. The van der Waals surface area contributed by atoms with Crippen LogP contribution in [-0.4, -0.2) is 5.97 Å². The van der Waals surface area contributed by atoms with Crippen LogP contribution in [0.1, 0.15) is 15.9 Å². The predicted octanol–water partition coefficient (Wildman–Crippen LogP) is 4.32. The summed E-state index contributed by atoms with van der Waals surface area (Å²) >= 11 is 8.67. The third-order valence-electron chi connectivity index (χ3n) is 2.68.